The summed E-state index contributed by atoms with van der Waals surface area (Å²) >= 11 is 1.50. The molecule has 3 aromatic rings. The maximum atomic E-state index is 14.0. The molecule has 2 aliphatic carbocycles. The molecule has 0 unspecified atom stereocenters. The van der Waals surface area contributed by atoms with Crippen LogP contribution in [0.25, 0.3) is 10.4 Å². The van der Waals surface area contributed by atoms with Crippen LogP contribution in [0.3, 0.4) is 0 Å². The number of terminal acetylenes is 1. The molecule has 2 aliphatic rings. The number of rotatable bonds is 8. The van der Waals surface area contributed by atoms with Crippen molar-refractivity contribution in [3.63, 3.8) is 0 Å². The van der Waals surface area contributed by atoms with Gasteiger partial charge in [-0.1, -0.05) is 35.5 Å². The maximum absolute atomic E-state index is 14.0. The number of hydrogen-bond donors (Lipinski definition) is 1. The largest absolute Gasteiger partial charge is 0.495 e. The Bertz CT molecular complexity index is 1350. The third-order valence-electron chi connectivity index (χ3n) is 8.55. The zero-order chi connectivity index (χ0) is 28.1. The molecule has 210 valence electrons. The zero-order valence-electron chi connectivity index (χ0n) is 23.3. The maximum Gasteiger partial charge on any atom is 0.273 e. The Kier molecular flexibility index (Phi) is 9.08. The van der Waals surface area contributed by atoms with Gasteiger partial charge >= 0.3 is 0 Å². The minimum absolute atomic E-state index is 0.0478. The topological polar surface area (TPSA) is 71.9 Å². The minimum Gasteiger partial charge on any atom is -0.495 e. The predicted octanol–water partition coefficient (Wildman–Crippen LogP) is 6.67. The van der Waals surface area contributed by atoms with Gasteiger partial charge in [-0.2, -0.15) is 0 Å². The smallest absolute Gasteiger partial charge is 0.273 e. The molecule has 1 amide bonds. The normalized spacial score (nSPS) is 22.8. The van der Waals surface area contributed by atoms with E-state index in [1.54, 1.807) is 14.2 Å². The molecule has 0 aliphatic heterocycles. The monoisotopic (exact) mass is 558 g/mol. The first-order valence-electron chi connectivity index (χ1n) is 14.2. The number of benzene rings is 2. The van der Waals surface area contributed by atoms with E-state index in [1.807, 2.05) is 29.3 Å². The average Bonchev–Trinajstić information content (AvgIpc) is 3.49. The Balaban J connectivity index is 1.33. The van der Waals surface area contributed by atoms with E-state index in [-0.39, 0.29) is 17.9 Å². The molecule has 0 bridgehead atoms. The van der Waals surface area contributed by atoms with Crippen molar-refractivity contribution >= 4 is 22.9 Å². The second-order valence-electron chi connectivity index (χ2n) is 11.0. The Morgan fingerprint density at radius 2 is 1.82 bits per heavy atom. The van der Waals surface area contributed by atoms with Gasteiger partial charge in [-0.25, -0.2) is 4.98 Å². The van der Waals surface area contributed by atoms with Crippen LogP contribution in [0.15, 0.2) is 48.7 Å². The molecule has 7 heteroatoms. The standard InChI is InChI=1S/C33H38N2O4S/c1-4-23-18-26(14-17-30(23)38-2)24-10-8-22(9-11-24)21-35(32(37)25-12-15-29(36)16-13-25)28-7-5-6-27(19-28)31-20-34-33(39-3)40-31/h1,5-7,14,17-20,22,24-25,29,36H,8-13,15-16,21H2,2-3H3. The zero-order valence-corrected chi connectivity index (χ0v) is 24.2. The summed E-state index contributed by atoms with van der Waals surface area (Å²) in [4.78, 5) is 21.3. The van der Waals surface area contributed by atoms with Crippen LogP contribution >= 0.6 is 11.3 Å². The highest BCUT2D eigenvalue weighted by atomic mass is 32.1. The molecule has 0 atom stereocenters. The lowest BCUT2D eigenvalue weighted by Gasteiger charge is -2.36. The molecule has 2 aromatic carbocycles. The number of methoxy groups -OCH3 is 2. The first-order valence-corrected chi connectivity index (χ1v) is 15.0. The third kappa shape index (κ3) is 6.35. The fraction of sp³-hybridized carbons (Fsp3) is 0.455. The summed E-state index contributed by atoms with van der Waals surface area (Å²) in [6.45, 7) is 0.707. The van der Waals surface area contributed by atoms with Gasteiger partial charge in [0.1, 0.15) is 5.75 Å². The lowest BCUT2D eigenvalue weighted by atomic mass is 9.78. The lowest BCUT2D eigenvalue weighted by molar-refractivity contribution is -0.124. The summed E-state index contributed by atoms with van der Waals surface area (Å²) in [7, 11) is 3.27. The SMILES string of the molecule is C#Cc1cc(C2CCC(CN(C(=O)C3CCC(O)CC3)c3cccc(-c4cnc(OC)s4)c3)CC2)ccc1OC. The molecule has 1 N–H and O–H groups in total. The van der Waals surface area contributed by atoms with Gasteiger partial charge in [0.05, 0.1) is 30.8 Å². The van der Waals surface area contributed by atoms with Crippen molar-refractivity contribution in [2.45, 2.75) is 63.4 Å². The number of hydrogen-bond acceptors (Lipinski definition) is 6. The van der Waals surface area contributed by atoms with Crippen LogP contribution in [-0.4, -0.2) is 42.9 Å². The molecule has 40 heavy (non-hydrogen) atoms. The summed E-state index contributed by atoms with van der Waals surface area (Å²) < 4.78 is 10.7. The number of thiazole rings is 1. The number of carbonyl (C=O) groups excluding carboxylic acids is 1. The van der Waals surface area contributed by atoms with Crippen molar-refractivity contribution in [2.24, 2.45) is 11.8 Å². The van der Waals surface area contributed by atoms with E-state index in [9.17, 15) is 9.90 Å². The first-order chi connectivity index (χ1) is 19.5. The van der Waals surface area contributed by atoms with E-state index in [1.165, 1.54) is 16.9 Å². The third-order valence-corrected chi connectivity index (χ3v) is 9.56. The number of aromatic nitrogens is 1. The van der Waals surface area contributed by atoms with E-state index in [0.29, 0.717) is 36.4 Å². The van der Waals surface area contributed by atoms with Crippen LogP contribution in [0.5, 0.6) is 10.9 Å². The van der Waals surface area contributed by atoms with Crippen LogP contribution in [0, 0.1) is 24.2 Å². The van der Waals surface area contributed by atoms with Gasteiger partial charge in [-0.3, -0.25) is 4.79 Å². The quantitative estimate of drug-likeness (QED) is 0.313. The molecule has 0 radical (unpaired) electrons. The van der Waals surface area contributed by atoms with Crippen LogP contribution in [0.2, 0.25) is 0 Å². The molecular formula is C33H38N2O4S. The number of aliphatic hydroxyl groups is 1. The fourth-order valence-electron chi connectivity index (χ4n) is 6.21. The van der Waals surface area contributed by atoms with E-state index in [0.717, 1.165) is 66.0 Å². The van der Waals surface area contributed by atoms with E-state index in [2.05, 4.69) is 35.2 Å². The highest BCUT2D eigenvalue weighted by Crippen LogP contribution is 2.39. The van der Waals surface area contributed by atoms with Crippen LogP contribution in [-0.2, 0) is 4.79 Å². The van der Waals surface area contributed by atoms with Crippen molar-refractivity contribution in [3.8, 4) is 33.7 Å². The number of ether oxygens (including phenoxy) is 2. The van der Waals surface area contributed by atoms with Gasteiger partial charge < -0.3 is 19.5 Å². The molecule has 2 fully saturated rings. The lowest BCUT2D eigenvalue weighted by Crippen LogP contribution is -2.41. The second-order valence-corrected chi connectivity index (χ2v) is 12.0. The van der Waals surface area contributed by atoms with Gasteiger partial charge in [0, 0.05) is 24.3 Å². The summed E-state index contributed by atoms with van der Waals surface area (Å²) in [5.74, 6) is 4.51. The van der Waals surface area contributed by atoms with Gasteiger partial charge in [-0.05, 0) is 98.6 Å². The predicted molar refractivity (Wildman–Crippen MR) is 160 cm³/mol. The number of amides is 1. The Morgan fingerprint density at radius 1 is 1.05 bits per heavy atom. The highest BCUT2D eigenvalue weighted by molar-refractivity contribution is 7.16. The number of nitrogens with zero attached hydrogens (tertiary/aromatic N) is 2. The summed E-state index contributed by atoms with van der Waals surface area (Å²) in [6.07, 6.45) is 14.4. The van der Waals surface area contributed by atoms with Crippen LogP contribution < -0.4 is 14.4 Å². The average molecular weight is 559 g/mol. The van der Waals surface area contributed by atoms with Gasteiger partial charge in [0.25, 0.3) is 5.19 Å². The summed E-state index contributed by atoms with van der Waals surface area (Å²) in [5.41, 5.74) is 4.03. The minimum atomic E-state index is -0.287. The summed E-state index contributed by atoms with van der Waals surface area (Å²) in [6, 6.07) is 14.4. The van der Waals surface area contributed by atoms with Crippen molar-refractivity contribution < 1.29 is 19.4 Å². The molecule has 2 saturated carbocycles. The van der Waals surface area contributed by atoms with Crippen molar-refractivity contribution in [1.82, 2.24) is 4.98 Å². The second kappa shape index (κ2) is 12.9. The van der Waals surface area contributed by atoms with Gasteiger partial charge in [0.2, 0.25) is 5.91 Å². The van der Waals surface area contributed by atoms with Crippen LogP contribution in [0.4, 0.5) is 5.69 Å². The van der Waals surface area contributed by atoms with Gasteiger partial charge in [0.15, 0.2) is 0 Å². The van der Waals surface area contributed by atoms with E-state index >= 15 is 0 Å². The number of carbonyl (C=O) groups is 1. The van der Waals surface area contributed by atoms with E-state index in [4.69, 9.17) is 15.9 Å². The molecule has 0 saturated heterocycles. The van der Waals surface area contributed by atoms with E-state index < -0.39 is 0 Å². The number of anilines is 1. The molecule has 0 spiro atoms. The Hall–Kier alpha value is -3.34. The van der Waals surface area contributed by atoms with Gasteiger partial charge in [-0.15, -0.1) is 6.42 Å². The number of aliphatic hydroxyl groups excluding tert-OH is 1. The first kappa shape index (κ1) is 28.2. The van der Waals surface area contributed by atoms with Crippen molar-refractivity contribution in [2.75, 3.05) is 25.7 Å². The van der Waals surface area contributed by atoms with Crippen molar-refractivity contribution in [1.29, 1.82) is 0 Å². The Labute approximate surface area is 241 Å². The molecular weight excluding hydrogens is 520 g/mol. The molecule has 1 heterocycles. The summed E-state index contributed by atoms with van der Waals surface area (Å²) in [5, 5.41) is 10.7. The fourth-order valence-corrected chi connectivity index (χ4v) is 6.93. The highest BCUT2D eigenvalue weighted by Gasteiger charge is 2.32. The van der Waals surface area contributed by atoms with Crippen LogP contribution in [0.1, 0.15) is 68.4 Å². The molecule has 5 rings (SSSR count). The van der Waals surface area contributed by atoms with Crippen molar-refractivity contribution in [3.05, 3.63) is 59.8 Å². The molecule has 1 aromatic heterocycles. The Morgan fingerprint density at radius 3 is 2.50 bits per heavy atom. The molecule has 6 nitrogen and oxygen atoms in total.